The zero-order valence-corrected chi connectivity index (χ0v) is 27.2. The van der Waals surface area contributed by atoms with Crippen molar-refractivity contribution in [1.82, 2.24) is 0 Å². The maximum absolute atomic E-state index is 12.4. The van der Waals surface area contributed by atoms with Gasteiger partial charge in [-0.05, 0) is 96.0 Å². The monoisotopic (exact) mass is 654 g/mol. The average molecular weight is 655 g/mol. The third-order valence-corrected chi connectivity index (χ3v) is 8.44. The highest BCUT2D eigenvalue weighted by Crippen LogP contribution is 2.42. The summed E-state index contributed by atoms with van der Waals surface area (Å²) in [6.07, 6.45) is 4.54. The molecule has 2 N–H and O–H groups in total. The fourth-order valence-corrected chi connectivity index (χ4v) is 5.67. The highest BCUT2D eigenvalue weighted by atomic mass is 16.5. The molecule has 0 heterocycles. The number of rotatable bonds is 15. The van der Waals surface area contributed by atoms with Crippen LogP contribution in [0.3, 0.4) is 0 Å². The standard InChI is InChI=1S/C39H42O9/c1-25(22-40)38(43)47-33-15-13-30(14-16-33)29-9-11-31(12-10-29)35-18-17-34(48-39(44)26(2)23-41)21-36(35)32-7-5-28(6-8-32)19-20-46-37(42)27(3)24-45-4/h9-18,21,28,32,40-41H,1-3,5-8,19-20,22-24H2,4H3. The molecular weight excluding hydrogens is 612 g/mol. The molecule has 9 nitrogen and oxygen atoms in total. The molecule has 9 heteroatoms. The summed E-state index contributed by atoms with van der Waals surface area (Å²) in [7, 11) is 1.51. The van der Waals surface area contributed by atoms with Crippen LogP contribution in [-0.2, 0) is 23.9 Å². The first-order valence-electron chi connectivity index (χ1n) is 15.8. The van der Waals surface area contributed by atoms with Crippen molar-refractivity contribution >= 4 is 17.9 Å². The molecule has 1 saturated carbocycles. The van der Waals surface area contributed by atoms with Crippen LogP contribution in [0.2, 0.25) is 0 Å². The molecule has 0 bridgehead atoms. The topological polar surface area (TPSA) is 129 Å². The van der Waals surface area contributed by atoms with Gasteiger partial charge < -0.3 is 29.2 Å². The van der Waals surface area contributed by atoms with Crippen LogP contribution in [0.4, 0.5) is 0 Å². The van der Waals surface area contributed by atoms with Crippen LogP contribution in [-0.4, -0.2) is 61.7 Å². The first-order chi connectivity index (χ1) is 23.1. The summed E-state index contributed by atoms with van der Waals surface area (Å²) in [6, 6.07) is 20.8. The lowest BCUT2D eigenvalue weighted by Gasteiger charge is -2.30. The van der Waals surface area contributed by atoms with Crippen molar-refractivity contribution in [3.63, 3.8) is 0 Å². The number of aliphatic hydroxyl groups is 2. The van der Waals surface area contributed by atoms with E-state index in [2.05, 4.69) is 19.7 Å². The minimum absolute atomic E-state index is 0.0208. The molecule has 48 heavy (non-hydrogen) atoms. The Morgan fingerprint density at radius 1 is 0.688 bits per heavy atom. The van der Waals surface area contributed by atoms with E-state index in [0.717, 1.165) is 59.9 Å². The van der Waals surface area contributed by atoms with E-state index in [9.17, 15) is 19.5 Å². The third-order valence-electron chi connectivity index (χ3n) is 8.44. The van der Waals surface area contributed by atoms with Crippen molar-refractivity contribution in [1.29, 1.82) is 0 Å². The van der Waals surface area contributed by atoms with Crippen molar-refractivity contribution in [3.05, 3.63) is 109 Å². The lowest BCUT2D eigenvalue weighted by Crippen LogP contribution is -2.18. The molecule has 1 aliphatic carbocycles. The molecule has 0 aliphatic heterocycles. The van der Waals surface area contributed by atoms with Gasteiger partial charge in [0.2, 0.25) is 0 Å². The molecule has 0 aromatic heterocycles. The summed E-state index contributed by atoms with van der Waals surface area (Å²) in [4.78, 5) is 36.3. The van der Waals surface area contributed by atoms with Crippen LogP contribution in [0.25, 0.3) is 22.3 Å². The van der Waals surface area contributed by atoms with Crippen molar-refractivity contribution in [2.45, 2.75) is 38.0 Å². The van der Waals surface area contributed by atoms with Gasteiger partial charge in [0, 0.05) is 7.11 Å². The minimum Gasteiger partial charge on any atom is -0.462 e. The molecule has 0 saturated heterocycles. The van der Waals surface area contributed by atoms with E-state index in [4.69, 9.17) is 24.1 Å². The molecule has 1 aliphatic rings. The quantitative estimate of drug-likeness (QED) is 0.110. The van der Waals surface area contributed by atoms with Crippen LogP contribution in [0.5, 0.6) is 11.5 Å². The second-order valence-electron chi connectivity index (χ2n) is 11.8. The van der Waals surface area contributed by atoms with Crippen molar-refractivity contribution in [3.8, 4) is 33.8 Å². The number of hydrogen-bond donors (Lipinski definition) is 2. The largest absolute Gasteiger partial charge is 0.462 e. The minimum atomic E-state index is -0.677. The Morgan fingerprint density at radius 3 is 1.77 bits per heavy atom. The number of aliphatic hydroxyl groups excluding tert-OH is 2. The zero-order valence-electron chi connectivity index (χ0n) is 27.2. The molecule has 4 rings (SSSR count). The summed E-state index contributed by atoms with van der Waals surface area (Å²) < 4.78 is 21.1. The third kappa shape index (κ3) is 9.60. The molecule has 3 aromatic rings. The molecule has 252 valence electrons. The predicted octanol–water partition coefficient (Wildman–Crippen LogP) is 6.34. The van der Waals surface area contributed by atoms with Gasteiger partial charge in [0.15, 0.2) is 0 Å². The average Bonchev–Trinajstić information content (AvgIpc) is 3.11. The van der Waals surface area contributed by atoms with Gasteiger partial charge in [0.05, 0.1) is 43.1 Å². The number of ether oxygens (including phenoxy) is 4. The lowest BCUT2D eigenvalue weighted by molar-refractivity contribution is -0.140. The van der Waals surface area contributed by atoms with Crippen LogP contribution in [0.1, 0.15) is 43.6 Å². The molecule has 1 fully saturated rings. The number of methoxy groups -OCH3 is 1. The molecular formula is C39H42O9. The molecule has 0 atom stereocenters. The molecule has 0 spiro atoms. The van der Waals surface area contributed by atoms with Crippen molar-refractivity contribution in [2.75, 3.05) is 33.5 Å². The van der Waals surface area contributed by atoms with Crippen LogP contribution < -0.4 is 9.47 Å². The zero-order chi connectivity index (χ0) is 34.6. The van der Waals surface area contributed by atoms with Gasteiger partial charge in [0.25, 0.3) is 0 Å². The highest BCUT2D eigenvalue weighted by Gasteiger charge is 2.26. The van der Waals surface area contributed by atoms with Gasteiger partial charge in [-0.3, -0.25) is 0 Å². The smallest absolute Gasteiger partial charge is 0.341 e. The van der Waals surface area contributed by atoms with E-state index >= 15 is 0 Å². The van der Waals surface area contributed by atoms with Gasteiger partial charge in [-0.2, -0.15) is 0 Å². The summed E-state index contributed by atoms with van der Waals surface area (Å²) in [5.74, 6) is -0.401. The molecule has 0 radical (unpaired) electrons. The van der Waals surface area contributed by atoms with Gasteiger partial charge in [-0.25, -0.2) is 14.4 Å². The van der Waals surface area contributed by atoms with Crippen molar-refractivity contribution < 1.29 is 43.5 Å². The van der Waals surface area contributed by atoms with E-state index < -0.39 is 31.1 Å². The summed E-state index contributed by atoms with van der Waals surface area (Å²) in [5, 5.41) is 18.4. The fourth-order valence-electron chi connectivity index (χ4n) is 5.67. The molecule has 0 amide bonds. The van der Waals surface area contributed by atoms with Crippen molar-refractivity contribution in [2.24, 2.45) is 5.92 Å². The molecule has 3 aromatic carbocycles. The first-order valence-corrected chi connectivity index (χ1v) is 15.8. The number of hydrogen-bond acceptors (Lipinski definition) is 9. The Hall–Kier alpha value is -4.83. The Labute approximate surface area is 281 Å². The van der Waals surface area contributed by atoms with Crippen LogP contribution in [0, 0.1) is 5.92 Å². The predicted molar refractivity (Wildman–Crippen MR) is 182 cm³/mol. The summed E-state index contributed by atoms with van der Waals surface area (Å²) in [6.45, 7) is 10.3. The Morgan fingerprint density at radius 2 is 1.21 bits per heavy atom. The van der Waals surface area contributed by atoms with Crippen LogP contribution >= 0.6 is 0 Å². The van der Waals surface area contributed by atoms with E-state index in [1.54, 1.807) is 18.2 Å². The van der Waals surface area contributed by atoms with Gasteiger partial charge >= 0.3 is 17.9 Å². The second kappa shape index (κ2) is 17.4. The maximum Gasteiger partial charge on any atom is 0.341 e. The summed E-state index contributed by atoms with van der Waals surface area (Å²) in [5.41, 5.74) is 5.26. The Kier molecular flexibility index (Phi) is 13.0. The number of benzene rings is 3. The highest BCUT2D eigenvalue weighted by molar-refractivity contribution is 5.90. The Balaban J connectivity index is 1.49. The lowest BCUT2D eigenvalue weighted by atomic mass is 9.76. The SMILES string of the molecule is C=C(COC)C(=O)OCCC1CCC(c2cc(OC(=O)C(=C)CO)ccc2-c2ccc(-c3ccc(OC(=O)C(=C)CO)cc3)cc2)CC1. The van der Waals surface area contributed by atoms with E-state index in [1.807, 2.05) is 48.5 Å². The van der Waals surface area contributed by atoms with E-state index in [-0.39, 0.29) is 23.7 Å². The maximum atomic E-state index is 12.4. The van der Waals surface area contributed by atoms with E-state index in [0.29, 0.717) is 29.6 Å². The van der Waals surface area contributed by atoms with Gasteiger partial charge in [-0.15, -0.1) is 0 Å². The van der Waals surface area contributed by atoms with Crippen LogP contribution in [0.15, 0.2) is 103 Å². The molecule has 0 unspecified atom stereocenters. The van der Waals surface area contributed by atoms with E-state index in [1.165, 1.54) is 7.11 Å². The number of carbonyl (C=O) groups is 3. The normalized spacial score (nSPS) is 15.6. The fraction of sp³-hybridized carbons (Fsp3) is 0.308. The first kappa shape index (κ1) is 36.0. The Bertz CT molecular complexity index is 1630. The summed E-state index contributed by atoms with van der Waals surface area (Å²) >= 11 is 0. The number of esters is 3. The van der Waals surface area contributed by atoms with Gasteiger partial charge in [0.1, 0.15) is 11.5 Å². The van der Waals surface area contributed by atoms with Gasteiger partial charge in [-0.1, -0.05) is 62.2 Å². The number of carbonyl (C=O) groups excluding carboxylic acids is 3. The second-order valence-corrected chi connectivity index (χ2v) is 11.8.